The highest BCUT2D eigenvalue weighted by atomic mass is 32.1. The third kappa shape index (κ3) is 3.51. The van der Waals surface area contributed by atoms with Crippen molar-refractivity contribution in [2.75, 3.05) is 5.32 Å². The Morgan fingerprint density at radius 3 is 2.76 bits per heavy atom. The van der Waals surface area contributed by atoms with E-state index in [1.54, 1.807) is 29.8 Å². The number of nitrogens with zero attached hydrogens (tertiary/aromatic N) is 2. The number of hydrogen-bond donors (Lipinski definition) is 2. The second-order valence-electron chi connectivity index (χ2n) is 3.88. The van der Waals surface area contributed by atoms with Gasteiger partial charge in [-0.1, -0.05) is 6.07 Å². The monoisotopic (exact) mass is 249 g/mol. The van der Waals surface area contributed by atoms with E-state index in [4.69, 9.17) is 0 Å². The van der Waals surface area contributed by atoms with E-state index < -0.39 is 6.10 Å². The third-order valence-electron chi connectivity index (χ3n) is 2.39. The molecule has 2 aromatic heterocycles. The van der Waals surface area contributed by atoms with E-state index in [9.17, 15) is 5.11 Å². The fourth-order valence-corrected chi connectivity index (χ4v) is 2.31. The summed E-state index contributed by atoms with van der Waals surface area (Å²) in [6.45, 7) is 2.01. The number of nitrogens with one attached hydrogen (secondary N) is 1. The van der Waals surface area contributed by atoms with Gasteiger partial charge in [0.1, 0.15) is 0 Å². The average Bonchev–Trinajstić information content (AvgIpc) is 2.83. The van der Waals surface area contributed by atoms with Gasteiger partial charge in [0.15, 0.2) is 0 Å². The molecule has 0 aromatic carbocycles. The minimum atomic E-state index is -0.429. The smallest absolute Gasteiger partial charge is 0.222 e. The molecular weight excluding hydrogens is 234 g/mol. The van der Waals surface area contributed by atoms with Crippen LogP contribution in [0.1, 0.15) is 24.3 Å². The lowest BCUT2D eigenvalue weighted by atomic mass is 10.1. The van der Waals surface area contributed by atoms with Crippen LogP contribution in [0.25, 0.3) is 0 Å². The summed E-state index contributed by atoms with van der Waals surface area (Å²) < 4.78 is 0. The predicted molar refractivity (Wildman–Crippen MR) is 69.0 cm³/mol. The Morgan fingerprint density at radius 1 is 1.35 bits per heavy atom. The van der Waals surface area contributed by atoms with Crippen LogP contribution in [-0.2, 0) is 0 Å². The van der Waals surface area contributed by atoms with E-state index in [0.717, 1.165) is 4.88 Å². The summed E-state index contributed by atoms with van der Waals surface area (Å²) in [5.41, 5.74) is 0. The molecule has 2 atom stereocenters. The summed E-state index contributed by atoms with van der Waals surface area (Å²) in [5, 5.41) is 15.1. The third-order valence-corrected chi connectivity index (χ3v) is 3.36. The molecular formula is C12H15N3OS. The Balaban J connectivity index is 1.87. The summed E-state index contributed by atoms with van der Waals surface area (Å²) in [6, 6.07) is 5.79. The molecule has 0 radical (unpaired) electrons. The van der Waals surface area contributed by atoms with Crippen molar-refractivity contribution in [3.63, 3.8) is 0 Å². The summed E-state index contributed by atoms with van der Waals surface area (Å²) >= 11 is 1.57. The Bertz CT molecular complexity index is 432. The number of aliphatic hydroxyl groups is 1. The van der Waals surface area contributed by atoms with E-state index in [-0.39, 0.29) is 6.04 Å². The van der Waals surface area contributed by atoms with Gasteiger partial charge in [-0.2, -0.15) is 0 Å². The zero-order chi connectivity index (χ0) is 12.1. The van der Waals surface area contributed by atoms with Crippen LogP contribution >= 0.6 is 11.3 Å². The molecule has 4 nitrogen and oxygen atoms in total. The number of aromatic nitrogens is 2. The quantitative estimate of drug-likeness (QED) is 0.854. The second-order valence-corrected chi connectivity index (χ2v) is 4.86. The number of anilines is 1. The second kappa shape index (κ2) is 5.75. The topological polar surface area (TPSA) is 58.0 Å². The average molecular weight is 249 g/mol. The highest BCUT2D eigenvalue weighted by Gasteiger charge is 2.13. The molecule has 17 heavy (non-hydrogen) atoms. The van der Waals surface area contributed by atoms with Crippen LogP contribution in [0.5, 0.6) is 0 Å². The van der Waals surface area contributed by atoms with Gasteiger partial charge in [-0.05, 0) is 30.9 Å². The molecule has 0 bridgehead atoms. The minimum absolute atomic E-state index is 0.120. The van der Waals surface area contributed by atoms with Crippen LogP contribution in [0.4, 0.5) is 5.95 Å². The first kappa shape index (κ1) is 12.0. The summed E-state index contributed by atoms with van der Waals surface area (Å²) in [7, 11) is 0. The van der Waals surface area contributed by atoms with Gasteiger partial charge >= 0.3 is 0 Å². The van der Waals surface area contributed by atoms with Crippen LogP contribution in [-0.4, -0.2) is 21.1 Å². The Hall–Kier alpha value is -1.46. The molecule has 5 heteroatoms. The Morgan fingerprint density at radius 2 is 2.12 bits per heavy atom. The lowest BCUT2D eigenvalue weighted by molar-refractivity contribution is 0.166. The van der Waals surface area contributed by atoms with Crippen LogP contribution < -0.4 is 5.32 Å². The van der Waals surface area contributed by atoms with Gasteiger partial charge in [0.2, 0.25) is 5.95 Å². The normalized spacial score (nSPS) is 14.2. The maximum absolute atomic E-state index is 9.99. The van der Waals surface area contributed by atoms with E-state index in [1.807, 2.05) is 24.4 Å². The fourth-order valence-electron chi connectivity index (χ4n) is 1.58. The standard InChI is InChI=1S/C12H15N3OS/c1-9(15-12-13-5-3-6-14-12)8-10(16)11-4-2-7-17-11/h2-7,9-10,16H,8H2,1H3,(H,13,14,15)/t9-,10-/m1/s1. The first-order valence-electron chi connectivity index (χ1n) is 5.50. The van der Waals surface area contributed by atoms with Gasteiger partial charge in [0.25, 0.3) is 0 Å². The lowest BCUT2D eigenvalue weighted by Crippen LogP contribution is -2.19. The minimum Gasteiger partial charge on any atom is -0.387 e. The Kier molecular flexibility index (Phi) is 4.06. The van der Waals surface area contributed by atoms with E-state index >= 15 is 0 Å². The van der Waals surface area contributed by atoms with Crippen LogP contribution in [0, 0.1) is 0 Å². The first-order valence-corrected chi connectivity index (χ1v) is 6.38. The number of thiophene rings is 1. The van der Waals surface area contributed by atoms with Crippen molar-refractivity contribution in [2.45, 2.75) is 25.5 Å². The van der Waals surface area contributed by atoms with Crippen molar-refractivity contribution >= 4 is 17.3 Å². The molecule has 0 aliphatic rings. The fraction of sp³-hybridized carbons (Fsp3) is 0.333. The summed E-state index contributed by atoms with van der Waals surface area (Å²) in [5.74, 6) is 0.596. The lowest BCUT2D eigenvalue weighted by Gasteiger charge is -2.16. The number of hydrogen-bond acceptors (Lipinski definition) is 5. The highest BCUT2D eigenvalue weighted by Crippen LogP contribution is 2.23. The van der Waals surface area contributed by atoms with Crippen molar-refractivity contribution in [1.29, 1.82) is 0 Å². The molecule has 0 spiro atoms. The van der Waals surface area contributed by atoms with Gasteiger partial charge in [-0.25, -0.2) is 9.97 Å². The van der Waals surface area contributed by atoms with E-state index in [2.05, 4.69) is 15.3 Å². The number of aliphatic hydroxyl groups excluding tert-OH is 1. The predicted octanol–water partition coefficient (Wildman–Crippen LogP) is 2.46. The zero-order valence-corrected chi connectivity index (χ0v) is 10.4. The van der Waals surface area contributed by atoms with Gasteiger partial charge < -0.3 is 10.4 Å². The molecule has 2 aromatic rings. The first-order chi connectivity index (χ1) is 8.25. The van der Waals surface area contributed by atoms with Gasteiger partial charge in [0, 0.05) is 23.3 Å². The van der Waals surface area contributed by atoms with Crippen LogP contribution in [0.2, 0.25) is 0 Å². The number of rotatable bonds is 5. The van der Waals surface area contributed by atoms with Crippen LogP contribution in [0.3, 0.4) is 0 Å². The maximum Gasteiger partial charge on any atom is 0.222 e. The maximum atomic E-state index is 9.99. The molecule has 2 heterocycles. The molecule has 0 amide bonds. The van der Waals surface area contributed by atoms with Gasteiger partial charge in [-0.3, -0.25) is 0 Å². The van der Waals surface area contributed by atoms with Gasteiger partial charge in [-0.15, -0.1) is 11.3 Å². The molecule has 0 saturated heterocycles. The molecule has 0 fully saturated rings. The van der Waals surface area contributed by atoms with Crippen molar-refractivity contribution in [2.24, 2.45) is 0 Å². The molecule has 2 rings (SSSR count). The zero-order valence-electron chi connectivity index (χ0n) is 9.58. The molecule has 2 N–H and O–H groups in total. The van der Waals surface area contributed by atoms with E-state index in [1.165, 1.54) is 0 Å². The Labute approximate surface area is 104 Å². The van der Waals surface area contributed by atoms with Gasteiger partial charge in [0.05, 0.1) is 6.10 Å². The highest BCUT2D eigenvalue weighted by molar-refractivity contribution is 7.10. The molecule has 0 aliphatic carbocycles. The summed E-state index contributed by atoms with van der Waals surface area (Å²) in [4.78, 5) is 9.17. The molecule has 0 saturated carbocycles. The van der Waals surface area contributed by atoms with E-state index in [0.29, 0.717) is 12.4 Å². The SMILES string of the molecule is C[C@H](C[C@@H](O)c1cccs1)Nc1ncccn1. The largest absolute Gasteiger partial charge is 0.387 e. The molecule has 90 valence electrons. The molecule has 0 aliphatic heterocycles. The van der Waals surface area contributed by atoms with Crippen molar-refractivity contribution in [1.82, 2.24) is 9.97 Å². The summed E-state index contributed by atoms with van der Waals surface area (Å²) in [6.07, 6.45) is 3.59. The van der Waals surface area contributed by atoms with Crippen molar-refractivity contribution in [3.05, 3.63) is 40.8 Å². The van der Waals surface area contributed by atoms with Crippen molar-refractivity contribution in [3.8, 4) is 0 Å². The van der Waals surface area contributed by atoms with Crippen molar-refractivity contribution < 1.29 is 5.11 Å². The van der Waals surface area contributed by atoms with Crippen LogP contribution in [0.15, 0.2) is 36.0 Å². The molecule has 0 unspecified atom stereocenters.